The molecule has 1 aliphatic heterocycles. The van der Waals surface area contributed by atoms with Crippen LogP contribution in [0.1, 0.15) is 18.4 Å². The minimum absolute atomic E-state index is 0.625. The molecule has 0 spiro atoms. The van der Waals surface area contributed by atoms with Crippen molar-refractivity contribution < 1.29 is 0 Å². The van der Waals surface area contributed by atoms with Crippen LogP contribution < -0.4 is 10.6 Å². The van der Waals surface area contributed by atoms with Crippen LogP contribution in [0.25, 0.3) is 0 Å². The van der Waals surface area contributed by atoms with E-state index in [0.29, 0.717) is 11.7 Å². The molecule has 2 N–H and O–H groups in total. The summed E-state index contributed by atoms with van der Waals surface area (Å²) >= 11 is 0. The second kappa shape index (κ2) is 4.29. The Morgan fingerprint density at radius 2 is 2.21 bits per heavy atom. The summed E-state index contributed by atoms with van der Waals surface area (Å²) < 4.78 is 0. The van der Waals surface area contributed by atoms with Crippen molar-refractivity contribution in [1.82, 2.24) is 5.32 Å². The van der Waals surface area contributed by atoms with E-state index in [1.165, 1.54) is 11.3 Å². The molecule has 1 aliphatic rings. The first-order valence-corrected chi connectivity index (χ1v) is 6.35. The van der Waals surface area contributed by atoms with E-state index in [-0.39, 0.29) is 0 Å². The Labute approximate surface area is 87.3 Å². The standard InChI is InChI=1S/C11H17N2P/c1-8-9-5-3-4-6-10(9)13-11(8)14-7-12-2/h3-6,8,11-14H,7H2,1-2H3. The highest BCUT2D eigenvalue weighted by Crippen LogP contribution is 2.41. The van der Waals surface area contributed by atoms with Crippen molar-refractivity contribution in [2.24, 2.45) is 0 Å². The zero-order chi connectivity index (χ0) is 9.97. The van der Waals surface area contributed by atoms with E-state index in [2.05, 4.69) is 41.8 Å². The van der Waals surface area contributed by atoms with Crippen LogP contribution in [0.4, 0.5) is 5.69 Å². The summed E-state index contributed by atoms with van der Waals surface area (Å²) in [4.78, 5) is 0. The van der Waals surface area contributed by atoms with Gasteiger partial charge in [-0.05, 0) is 18.7 Å². The summed E-state index contributed by atoms with van der Waals surface area (Å²) in [5, 5.41) is 6.81. The minimum Gasteiger partial charge on any atom is -0.378 e. The first-order valence-electron chi connectivity index (χ1n) is 5.06. The normalized spacial score (nSPS) is 25.3. The molecule has 0 fully saturated rings. The lowest BCUT2D eigenvalue weighted by molar-refractivity contribution is 0.798. The zero-order valence-corrected chi connectivity index (χ0v) is 9.67. The highest BCUT2D eigenvalue weighted by Gasteiger charge is 2.27. The lowest BCUT2D eigenvalue weighted by Gasteiger charge is -2.16. The van der Waals surface area contributed by atoms with Crippen LogP contribution >= 0.6 is 8.58 Å². The molecule has 1 aromatic carbocycles. The van der Waals surface area contributed by atoms with E-state index in [0.717, 1.165) is 14.9 Å². The maximum atomic E-state index is 3.59. The molecule has 2 nitrogen and oxygen atoms in total. The Morgan fingerprint density at radius 3 is 2.93 bits per heavy atom. The zero-order valence-electron chi connectivity index (χ0n) is 8.67. The van der Waals surface area contributed by atoms with Gasteiger partial charge in [0.25, 0.3) is 0 Å². The summed E-state index contributed by atoms with van der Waals surface area (Å²) in [6.45, 7) is 2.31. The van der Waals surface area contributed by atoms with Gasteiger partial charge in [-0.15, -0.1) is 0 Å². The van der Waals surface area contributed by atoms with Crippen molar-refractivity contribution >= 4 is 14.3 Å². The van der Waals surface area contributed by atoms with Gasteiger partial charge >= 0.3 is 0 Å². The Balaban J connectivity index is 2.09. The maximum absolute atomic E-state index is 3.59. The molecular weight excluding hydrogens is 191 g/mol. The average molecular weight is 208 g/mol. The summed E-state index contributed by atoms with van der Waals surface area (Å²) in [6.07, 6.45) is 1.11. The molecule has 0 bridgehead atoms. The third-order valence-corrected chi connectivity index (χ3v) is 4.40. The Kier molecular flexibility index (Phi) is 3.05. The van der Waals surface area contributed by atoms with Crippen LogP contribution in [-0.2, 0) is 0 Å². The van der Waals surface area contributed by atoms with Crippen LogP contribution in [0, 0.1) is 0 Å². The van der Waals surface area contributed by atoms with Crippen molar-refractivity contribution in [3.05, 3.63) is 29.8 Å². The number of benzene rings is 1. The second-order valence-corrected chi connectivity index (χ2v) is 5.12. The highest BCUT2D eigenvalue weighted by atomic mass is 31.1. The first-order chi connectivity index (χ1) is 6.83. The molecule has 76 valence electrons. The molecule has 0 radical (unpaired) electrons. The van der Waals surface area contributed by atoms with Gasteiger partial charge in [-0.3, -0.25) is 0 Å². The van der Waals surface area contributed by atoms with E-state index < -0.39 is 0 Å². The van der Waals surface area contributed by atoms with E-state index in [1.807, 2.05) is 7.05 Å². The molecule has 2 rings (SSSR count). The van der Waals surface area contributed by atoms with Gasteiger partial charge in [-0.25, -0.2) is 0 Å². The van der Waals surface area contributed by atoms with Crippen molar-refractivity contribution in [3.63, 3.8) is 0 Å². The van der Waals surface area contributed by atoms with Gasteiger partial charge in [-0.1, -0.05) is 33.7 Å². The van der Waals surface area contributed by atoms with E-state index in [4.69, 9.17) is 0 Å². The van der Waals surface area contributed by atoms with Gasteiger partial charge in [0, 0.05) is 17.9 Å². The van der Waals surface area contributed by atoms with Gasteiger partial charge in [0.15, 0.2) is 0 Å². The molecule has 0 aliphatic carbocycles. The van der Waals surface area contributed by atoms with Crippen LogP contribution in [0.2, 0.25) is 0 Å². The molecule has 3 atom stereocenters. The predicted molar refractivity (Wildman–Crippen MR) is 64.5 cm³/mol. The number of fused-ring (bicyclic) bond motifs is 1. The molecule has 0 saturated carbocycles. The van der Waals surface area contributed by atoms with Crippen LogP contribution in [-0.4, -0.2) is 19.1 Å². The fraction of sp³-hybridized carbons (Fsp3) is 0.455. The third-order valence-electron chi connectivity index (χ3n) is 2.76. The van der Waals surface area contributed by atoms with Gasteiger partial charge < -0.3 is 10.6 Å². The fourth-order valence-electron chi connectivity index (χ4n) is 1.94. The molecule has 14 heavy (non-hydrogen) atoms. The monoisotopic (exact) mass is 208 g/mol. The third kappa shape index (κ3) is 1.77. The first kappa shape index (κ1) is 9.95. The Morgan fingerprint density at radius 1 is 1.43 bits per heavy atom. The highest BCUT2D eigenvalue weighted by molar-refractivity contribution is 7.39. The molecular formula is C11H17N2P. The van der Waals surface area contributed by atoms with Gasteiger partial charge in [0.05, 0.1) is 5.78 Å². The number of para-hydroxylation sites is 1. The van der Waals surface area contributed by atoms with E-state index in [9.17, 15) is 0 Å². The van der Waals surface area contributed by atoms with Crippen LogP contribution in [0.3, 0.4) is 0 Å². The summed E-state index contributed by atoms with van der Waals surface area (Å²) in [5.74, 6) is 1.28. The number of anilines is 1. The lowest BCUT2D eigenvalue weighted by atomic mass is 10.0. The topological polar surface area (TPSA) is 24.1 Å². The second-order valence-electron chi connectivity index (χ2n) is 3.73. The van der Waals surface area contributed by atoms with Crippen molar-refractivity contribution in [2.45, 2.75) is 18.6 Å². The Hall–Kier alpha value is -0.590. The molecule has 1 aromatic rings. The van der Waals surface area contributed by atoms with Crippen molar-refractivity contribution in [3.8, 4) is 0 Å². The quantitative estimate of drug-likeness (QED) is 0.745. The molecule has 3 heteroatoms. The number of hydrogen-bond acceptors (Lipinski definition) is 2. The fourth-order valence-corrected chi connectivity index (χ4v) is 3.15. The van der Waals surface area contributed by atoms with Crippen LogP contribution in [0.5, 0.6) is 0 Å². The van der Waals surface area contributed by atoms with Gasteiger partial charge in [0.2, 0.25) is 0 Å². The molecule has 0 aromatic heterocycles. The number of nitrogens with one attached hydrogen (secondary N) is 2. The Bertz CT molecular complexity index is 314. The number of rotatable bonds is 3. The predicted octanol–water partition coefficient (Wildman–Crippen LogP) is 2.40. The molecule has 0 saturated heterocycles. The van der Waals surface area contributed by atoms with Crippen molar-refractivity contribution in [1.29, 1.82) is 0 Å². The summed E-state index contributed by atoms with van der Waals surface area (Å²) in [7, 11) is 2.95. The van der Waals surface area contributed by atoms with Crippen molar-refractivity contribution in [2.75, 3.05) is 18.7 Å². The minimum atomic E-state index is 0.625. The summed E-state index contributed by atoms with van der Waals surface area (Å²) in [5.41, 5.74) is 2.80. The van der Waals surface area contributed by atoms with E-state index >= 15 is 0 Å². The average Bonchev–Trinajstić information content (AvgIpc) is 2.54. The largest absolute Gasteiger partial charge is 0.378 e. The SMILES string of the molecule is CNCPC1Nc2ccccc2C1C. The molecule has 1 heterocycles. The van der Waals surface area contributed by atoms with Gasteiger partial charge in [-0.2, -0.15) is 0 Å². The number of hydrogen-bond donors (Lipinski definition) is 2. The molecule has 0 amide bonds. The van der Waals surface area contributed by atoms with Crippen LogP contribution in [0.15, 0.2) is 24.3 Å². The lowest BCUT2D eigenvalue weighted by Crippen LogP contribution is -2.16. The smallest absolute Gasteiger partial charge is 0.0509 e. The summed E-state index contributed by atoms with van der Waals surface area (Å²) in [6, 6.07) is 8.63. The molecule has 3 unspecified atom stereocenters. The maximum Gasteiger partial charge on any atom is 0.0509 e. The van der Waals surface area contributed by atoms with E-state index in [1.54, 1.807) is 0 Å². The van der Waals surface area contributed by atoms with Gasteiger partial charge in [0.1, 0.15) is 0 Å².